The average Bonchev–Trinajstić information content (AvgIpc) is 3.90. The van der Waals surface area contributed by atoms with Crippen molar-refractivity contribution in [3.63, 3.8) is 0 Å². The zero-order valence-corrected chi connectivity index (χ0v) is 23.5. The Morgan fingerprint density at radius 2 is 1.75 bits per heavy atom. The van der Waals surface area contributed by atoms with Gasteiger partial charge in [-0.05, 0) is 82.9 Å². The molecule has 0 bridgehead atoms. The van der Waals surface area contributed by atoms with Gasteiger partial charge in [0.15, 0.2) is 12.1 Å². The van der Waals surface area contributed by atoms with Crippen molar-refractivity contribution >= 4 is 33.6 Å². The lowest BCUT2D eigenvalue weighted by Crippen LogP contribution is -2.27. The first kappa shape index (κ1) is 26.8. The molecule has 0 saturated heterocycles. The topological polar surface area (TPSA) is 144 Å². The second-order valence-electron chi connectivity index (χ2n) is 11.3. The Morgan fingerprint density at radius 3 is 2.42 bits per heavy atom. The molecule has 0 atom stereocenters. The highest BCUT2D eigenvalue weighted by atomic mass is 32.2. The monoisotopic (exact) mass is 564 g/mol. The first-order chi connectivity index (χ1) is 19.4. The van der Waals surface area contributed by atoms with Crippen LogP contribution in [0.15, 0.2) is 30.7 Å². The Morgan fingerprint density at radius 1 is 1.00 bits per heavy atom. The molecule has 3 aliphatic rings. The molecular weight excluding hydrogens is 528 g/mol. The fourth-order valence-electron chi connectivity index (χ4n) is 5.54. The Bertz CT molecular complexity index is 1470. The summed E-state index contributed by atoms with van der Waals surface area (Å²) in [6.45, 7) is 1.90. The van der Waals surface area contributed by atoms with Crippen LogP contribution < -0.4 is 16.0 Å². The Kier molecular flexibility index (Phi) is 7.54. The molecular formula is C28H36N8O3S. The van der Waals surface area contributed by atoms with E-state index >= 15 is 0 Å². The lowest BCUT2D eigenvalue weighted by Gasteiger charge is -2.29. The number of carbonyl (C=O) groups excluding carboxylic acids is 1. The van der Waals surface area contributed by atoms with E-state index in [2.05, 4.69) is 31.0 Å². The van der Waals surface area contributed by atoms with Gasteiger partial charge in [-0.2, -0.15) is 9.19 Å². The maximum absolute atomic E-state index is 12.5. The molecule has 3 fully saturated rings. The zero-order valence-electron chi connectivity index (χ0n) is 22.7. The summed E-state index contributed by atoms with van der Waals surface area (Å²) in [5, 5.41) is 13.8. The van der Waals surface area contributed by atoms with Gasteiger partial charge in [-0.25, -0.2) is 23.4 Å². The molecule has 6 rings (SSSR count). The fraction of sp³-hybridized carbons (Fsp3) is 0.536. The van der Waals surface area contributed by atoms with E-state index in [4.69, 9.17) is 4.98 Å². The van der Waals surface area contributed by atoms with Gasteiger partial charge in [-0.1, -0.05) is 0 Å². The van der Waals surface area contributed by atoms with Gasteiger partial charge in [0.05, 0.1) is 40.2 Å². The van der Waals surface area contributed by atoms with E-state index in [0.717, 1.165) is 53.6 Å². The Labute approximate surface area is 234 Å². The number of anilines is 3. The summed E-state index contributed by atoms with van der Waals surface area (Å²) < 4.78 is 26.1. The smallest absolute Gasteiger partial charge is 0.256 e. The molecule has 0 radical (unpaired) electrons. The van der Waals surface area contributed by atoms with Crippen molar-refractivity contribution in [1.29, 1.82) is 0 Å². The van der Waals surface area contributed by atoms with Crippen molar-refractivity contribution in [3.05, 3.63) is 42.0 Å². The van der Waals surface area contributed by atoms with Gasteiger partial charge in [-0.15, -0.1) is 0 Å². The number of rotatable bonds is 12. The predicted octanol–water partition coefficient (Wildman–Crippen LogP) is 3.95. The van der Waals surface area contributed by atoms with Gasteiger partial charge in [0.1, 0.15) is 11.6 Å². The van der Waals surface area contributed by atoms with Gasteiger partial charge >= 0.3 is 0 Å². The molecule has 0 unspecified atom stereocenters. The Balaban J connectivity index is 1.20. The molecule has 0 aliphatic heterocycles. The lowest BCUT2D eigenvalue weighted by molar-refractivity contribution is 0.112. The van der Waals surface area contributed by atoms with Gasteiger partial charge in [0, 0.05) is 24.7 Å². The number of nitrogens with zero attached hydrogens (tertiary/aromatic N) is 5. The molecule has 212 valence electrons. The summed E-state index contributed by atoms with van der Waals surface area (Å²) in [4.78, 5) is 25.9. The molecule has 3 saturated carbocycles. The molecule has 0 amide bonds. The average molecular weight is 565 g/mol. The molecule has 3 heterocycles. The van der Waals surface area contributed by atoms with Crippen molar-refractivity contribution < 1.29 is 13.2 Å². The molecule has 3 aromatic heterocycles. The maximum Gasteiger partial charge on any atom is 0.256 e. The van der Waals surface area contributed by atoms with Crippen molar-refractivity contribution in [2.75, 3.05) is 30.8 Å². The van der Waals surface area contributed by atoms with Crippen molar-refractivity contribution in [2.24, 2.45) is 11.8 Å². The summed E-state index contributed by atoms with van der Waals surface area (Å²) in [6.07, 6.45) is 13.7. The minimum absolute atomic E-state index is 0.291. The second-order valence-corrected chi connectivity index (χ2v) is 13.4. The van der Waals surface area contributed by atoms with Gasteiger partial charge in [0.25, 0.3) is 10.0 Å². The molecule has 3 N–H and O–H groups in total. The van der Waals surface area contributed by atoms with Crippen molar-refractivity contribution in [2.45, 2.75) is 62.5 Å². The molecule has 11 nitrogen and oxygen atoms in total. The highest BCUT2D eigenvalue weighted by molar-refractivity contribution is 7.90. The maximum atomic E-state index is 12.5. The third-order valence-corrected chi connectivity index (χ3v) is 10.2. The number of nitrogens with one attached hydrogen (secondary N) is 3. The first-order valence-electron chi connectivity index (χ1n) is 14.2. The number of pyridine rings is 1. The van der Waals surface area contributed by atoms with Crippen LogP contribution in [0.5, 0.6) is 0 Å². The van der Waals surface area contributed by atoms with E-state index in [1.807, 2.05) is 13.1 Å². The van der Waals surface area contributed by atoms with Crippen LogP contribution in [0.25, 0.3) is 11.4 Å². The third kappa shape index (κ3) is 5.87. The Hall–Kier alpha value is -3.38. The van der Waals surface area contributed by atoms with E-state index in [-0.39, 0.29) is 5.25 Å². The lowest BCUT2D eigenvalue weighted by atomic mass is 9.82. The number of aldehydes is 1. The number of hydrogen-bond donors (Lipinski definition) is 3. The summed E-state index contributed by atoms with van der Waals surface area (Å²) in [6, 6.07) is 3.61. The SMILES string of the molecule is CNCC1CCC(CNc2cc(Nc3ccnc(-c4cnn(S(=O)(=O)C5CC5)c4)n3)nc(C3CC3)c2C=O)CC1. The van der Waals surface area contributed by atoms with E-state index < -0.39 is 10.0 Å². The van der Waals surface area contributed by atoms with Crippen LogP contribution >= 0.6 is 0 Å². The molecule has 0 aromatic carbocycles. The van der Waals surface area contributed by atoms with Crippen LogP contribution in [-0.4, -0.2) is 64.2 Å². The van der Waals surface area contributed by atoms with Gasteiger partial charge in [0.2, 0.25) is 0 Å². The van der Waals surface area contributed by atoms with Crippen molar-refractivity contribution in [3.8, 4) is 11.4 Å². The molecule has 12 heteroatoms. The molecule has 3 aliphatic carbocycles. The highest BCUT2D eigenvalue weighted by Gasteiger charge is 2.37. The largest absolute Gasteiger partial charge is 0.384 e. The minimum Gasteiger partial charge on any atom is -0.384 e. The number of aromatic nitrogens is 5. The summed E-state index contributed by atoms with van der Waals surface area (Å²) in [5.74, 6) is 3.10. The minimum atomic E-state index is -3.46. The van der Waals surface area contributed by atoms with E-state index in [1.165, 1.54) is 38.1 Å². The number of carbonyl (C=O) groups is 1. The first-order valence-corrected chi connectivity index (χ1v) is 15.7. The molecule has 40 heavy (non-hydrogen) atoms. The van der Waals surface area contributed by atoms with Crippen LogP contribution in [0.4, 0.5) is 17.3 Å². The van der Waals surface area contributed by atoms with Crippen LogP contribution in [0.2, 0.25) is 0 Å². The summed E-state index contributed by atoms with van der Waals surface area (Å²) >= 11 is 0. The normalized spacial score (nSPS) is 21.2. The number of hydrogen-bond acceptors (Lipinski definition) is 10. The summed E-state index contributed by atoms with van der Waals surface area (Å²) in [5.41, 5.74) is 2.78. The molecule has 0 spiro atoms. The van der Waals surface area contributed by atoms with Crippen LogP contribution in [0, 0.1) is 11.8 Å². The summed E-state index contributed by atoms with van der Waals surface area (Å²) in [7, 11) is -1.45. The van der Waals surface area contributed by atoms with Crippen LogP contribution in [0.1, 0.15) is 73.3 Å². The predicted molar refractivity (Wildman–Crippen MR) is 153 cm³/mol. The second kappa shape index (κ2) is 11.2. The quantitative estimate of drug-likeness (QED) is 0.277. The van der Waals surface area contributed by atoms with E-state index in [0.29, 0.717) is 53.3 Å². The van der Waals surface area contributed by atoms with E-state index in [1.54, 1.807) is 12.3 Å². The van der Waals surface area contributed by atoms with Gasteiger partial charge < -0.3 is 16.0 Å². The standard InChI is InChI=1S/C28H36N8O3S/c1-29-13-18-2-4-19(5-3-18)14-31-24-12-26(34-27(20-6-7-20)23(24)17-37)33-25-10-11-30-28(35-25)21-15-32-36(16-21)40(38,39)22-8-9-22/h10-12,15-20,22,29H,2-9,13-14H2,1H3,(H2,30,31,33,34,35). The zero-order chi connectivity index (χ0) is 27.7. The highest BCUT2D eigenvalue weighted by Crippen LogP contribution is 2.43. The van der Waals surface area contributed by atoms with Crippen LogP contribution in [-0.2, 0) is 10.0 Å². The molecule has 3 aromatic rings. The third-order valence-electron chi connectivity index (χ3n) is 8.15. The fourth-order valence-corrected chi connectivity index (χ4v) is 7.01. The van der Waals surface area contributed by atoms with Crippen LogP contribution in [0.3, 0.4) is 0 Å². The van der Waals surface area contributed by atoms with Gasteiger partial charge in [-0.3, -0.25) is 4.79 Å². The van der Waals surface area contributed by atoms with Crippen molar-refractivity contribution in [1.82, 2.24) is 29.5 Å². The van der Waals surface area contributed by atoms with E-state index in [9.17, 15) is 13.2 Å².